The Morgan fingerprint density at radius 2 is 2.25 bits per heavy atom. The fourth-order valence-corrected chi connectivity index (χ4v) is 0.386. The van der Waals surface area contributed by atoms with E-state index < -0.39 is 0 Å². The van der Waals surface area contributed by atoms with Gasteiger partial charge >= 0.3 is 0 Å². The lowest BCUT2D eigenvalue weighted by molar-refractivity contribution is -0.113. The highest BCUT2D eigenvalue weighted by Crippen LogP contribution is 2.01. The van der Waals surface area contributed by atoms with Crippen LogP contribution in [0.5, 0.6) is 0 Å². The summed E-state index contributed by atoms with van der Waals surface area (Å²) in [5.41, 5.74) is 4.82. The summed E-state index contributed by atoms with van der Waals surface area (Å²) in [5.74, 6) is -0.378. The molecule has 0 radical (unpaired) electrons. The maximum atomic E-state index is 10.0. The first-order valence-corrected chi connectivity index (χ1v) is 2.51. The van der Waals surface area contributed by atoms with Crippen LogP contribution < -0.4 is 5.73 Å². The third-order valence-electron chi connectivity index (χ3n) is 0.931. The normalized spacial score (nSPS) is 17.2. The molecule has 0 aromatic carbocycles. The molecule has 1 fully saturated rings. The van der Waals surface area contributed by atoms with Crippen molar-refractivity contribution in [3.8, 4) is 0 Å². The van der Waals surface area contributed by atoms with E-state index in [-0.39, 0.29) is 5.91 Å². The van der Waals surface area contributed by atoms with Gasteiger partial charge in [-0.2, -0.15) is 0 Å². The van der Waals surface area contributed by atoms with Gasteiger partial charge in [-0.3, -0.25) is 4.79 Å². The first kappa shape index (κ1) is 5.15. The van der Waals surface area contributed by atoms with Gasteiger partial charge in [0.2, 0.25) is 5.91 Å². The number of hydrogen-bond donors (Lipinski definition) is 1. The van der Waals surface area contributed by atoms with Crippen molar-refractivity contribution in [1.29, 1.82) is 0 Å². The van der Waals surface area contributed by atoms with E-state index in [0.717, 1.165) is 13.1 Å². The van der Waals surface area contributed by atoms with Gasteiger partial charge in [-0.25, -0.2) is 0 Å². The molecule has 1 heterocycles. The van der Waals surface area contributed by atoms with Crippen molar-refractivity contribution >= 4 is 5.91 Å². The smallest absolute Gasteiger partial charge is 0.242 e. The molecule has 1 aliphatic heterocycles. The van der Waals surface area contributed by atoms with Crippen molar-refractivity contribution in [3.63, 3.8) is 0 Å². The molecule has 1 aliphatic rings. The lowest BCUT2D eigenvalue weighted by Gasteiger charge is -1.84. The van der Waals surface area contributed by atoms with Crippen molar-refractivity contribution < 1.29 is 4.79 Å². The van der Waals surface area contributed by atoms with Gasteiger partial charge in [-0.15, -0.1) is 0 Å². The van der Waals surface area contributed by atoms with Crippen molar-refractivity contribution in [2.45, 2.75) is 0 Å². The van der Waals surface area contributed by atoms with Gasteiger partial charge in [0.15, 0.2) is 0 Å². The molecule has 0 aliphatic carbocycles. The summed E-state index contributed by atoms with van der Waals surface area (Å²) in [4.78, 5) is 12.0. The number of rotatable bonds is 2. The van der Waals surface area contributed by atoms with Crippen LogP contribution in [0.2, 0.25) is 0 Å². The molecule has 0 saturated carbocycles. The quantitative estimate of drug-likeness (QED) is 0.379. The van der Waals surface area contributed by atoms with E-state index in [9.17, 15) is 4.79 Å². The molecule has 1 saturated heterocycles. The Morgan fingerprint density at radius 3 is 2.62 bits per heavy atom. The summed E-state index contributed by atoms with van der Waals surface area (Å²) in [7, 11) is 0. The minimum atomic E-state index is -0.378. The largest absolute Gasteiger partial charge is 0.374 e. The van der Waals surface area contributed by atoms with Crippen LogP contribution in [0.3, 0.4) is 0 Å². The molecule has 8 heavy (non-hydrogen) atoms. The van der Waals surface area contributed by atoms with Gasteiger partial charge in [-0.1, -0.05) is 0 Å². The zero-order chi connectivity index (χ0) is 5.98. The SMILES string of the molecule is NC(=O)/C=C/N1CC1. The second-order valence-electron chi connectivity index (χ2n) is 1.75. The van der Waals surface area contributed by atoms with Crippen LogP contribution in [0.1, 0.15) is 0 Å². The minimum absolute atomic E-state index is 0.378. The molecule has 0 aromatic heterocycles. The summed E-state index contributed by atoms with van der Waals surface area (Å²) in [6.45, 7) is 2.12. The fraction of sp³-hybridized carbons (Fsp3) is 0.400. The van der Waals surface area contributed by atoms with Gasteiger partial charge in [0, 0.05) is 25.4 Å². The van der Waals surface area contributed by atoms with Crippen molar-refractivity contribution in [2.24, 2.45) is 5.73 Å². The maximum absolute atomic E-state index is 10.0. The number of primary amides is 1. The van der Waals surface area contributed by atoms with E-state index in [1.807, 2.05) is 4.90 Å². The zero-order valence-electron chi connectivity index (χ0n) is 4.50. The van der Waals surface area contributed by atoms with Crippen LogP contribution in [0.15, 0.2) is 12.3 Å². The third kappa shape index (κ3) is 1.64. The van der Waals surface area contributed by atoms with Gasteiger partial charge in [-0.05, 0) is 0 Å². The number of amides is 1. The number of hydrogen-bond acceptors (Lipinski definition) is 2. The monoisotopic (exact) mass is 112 g/mol. The van der Waals surface area contributed by atoms with E-state index in [4.69, 9.17) is 5.73 Å². The predicted octanol–water partition coefficient (Wildman–Crippen LogP) is -0.699. The lowest BCUT2D eigenvalue weighted by Crippen LogP contribution is -2.06. The highest BCUT2D eigenvalue weighted by Gasteiger charge is 2.10. The Labute approximate surface area is 47.8 Å². The third-order valence-corrected chi connectivity index (χ3v) is 0.931. The summed E-state index contributed by atoms with van der Waals surface area (Å²) in [5, 5.41) is 0. The molecular formula is C5H8N2O. The molecule has 1 rings (SSSR count). The van der Waals surface area contributed by atoms with Gasteiger partial charge in [0.05, 0.1) is 0 Å². The molecule has 0 aromatic rings. The van der Waals surface area contributed by atoms with Crippen molar-refractivity contribution in [2.75, 3.05) is 13.1 Å². The molecule has 3 heteroatoms. The number of nitrogens with two attached hydrogens (primary N) is 1. The molecule has 0 atom stereocenters. The summed E-state index contributed by atoms with van der Waals surface area (Å²) in [6, 6.07) is 0. The fourth-order valence-electron chi connectivity index (χ4n) is 0.386. The predicted molar refractivity (Wildman–Crippen MR) is 29.9 cm³/mol. The Kier molecular flexibility index (Phi) is 1.20. The van der Waals surface area contributed by atoms with E-state index in [2.05, 4.69) is 0 Å². The van der Waals surface area contributed by atoms with E-state index in [1.54, 1.807) is 6.20 Å². The maximum Gasteiger partial charge on any atom is 0.242 e. The molecule has 44 valence electrons. The van der Waals surface area contributed by atoms with E-state index in [1.165, 1.54) is 6.08 Å². The van der Waals surface area contributed by atoms with Gasteiger partial charge in [0.25, 0.3) is 0 Å². The van der Waals surface area contributed by atoms with Crippen LogP contribution in [0.4, 0.5) is 0 Å². The van der Waals surface area contributed by atoms with E-state index >= 15 is 0 Å². The highest BCUT2D eigenvalue weighted by molar-refractivity contribution is 5.85. The Balaban J connectivity index is 2.23. The Bertz CT molecular complexity index is 126. The highest BCUT2D eigenvalue weighted by atomic mass is 16.1. The van der Waals surface area contributed by atoms with Crippen LogP contribution in [-0.2, 0) is 4.79 Å². The van der Waals surface area contributed by atoms with Crippen molar-refractivity contribution in [3.05, 3.63) is 12.3 Å². The standard InChI is InChI=1S/C5H8N2O/c6-5(8)1-2-7-3-4-7/h1-2H,3-4H2,(H2,6,8)/b2-1+. The molecule has 3 nitrogen and oxygen atoms in total. The molecule has 2 N–H and O–H groups in total. The number of nitrogens with zero attached hydrogens (tertiary/aromatic N) is 1. The van der Waals surface area contributed by atoms with Crippen LogP contribution in [0.25, 0.3) is 0 Å². The van der Waals surface area contributed by atoms with Crippen LogP contribution in [0, 0.1) is 0 Å². The molecule has 0 unspecified atom stereocenters. The Morgan fingerprint density at radius 1 is 1.62 bits per heavy atom. The second-order valence-corrected chi connectivity index (χ2v) is 1.75. The number of carbonyl (C=O) groups is 1. The molecule has 0 spiro atoms. The van der Waals surface area contributed by atoms with Crippen LogP contribution >= 0.6 is 0 Å². The van der Waals surface area contributed by atoms with Gasteiger partial charge in [0.1, 0.15) is 0 Å². The van der Waals surface area contributed by atoms with E-state index in [0.29, 0.717) is 0 Å². The molecule has 0 bridgehead atoms. The zero-order valence-corrected chi connectivity index (χ0v) is 4.50. The van der Waals surface area contributed by atoms with Gasteiger partial charge < -0.3 is 10.6 Å². The summed E-state index contributed by atoms with van der Waals surface area (Å²) in [6.07, 6.45) is 3.08. The topological polar surface area (TPSA) is 46.1 Å². The summed E-state index contributed by atoms with van der Waals surface area (Å²) >= 11 is 0. The molecular weight excluding hydrogens is 104 g/mol. The van der Waals surface area contributed by atoms with Crippen LogP contribution in [-0.4, -0.2) is 23.9 Å². The first-order chi connectivity index (χ1) is 3.79. The average Bonchev–Trinajstić information content (AvgIpc) is 2.41. The first-order valence-electron chi connectivity index (χ1n) is 2.51. The minimum Gasteiger partial charge on any atom is -0.374 e. The summed E-state index contributed by atoms with van der Waals surface area (Å²) < 4.78 is 0. The van der Waals surface area contributed by atoms with Crippen molar-refractivity contribution in [1.82, 2.24) is 4.90 Å². The lowest BCUT2D eigenvalue weighted by atomic mass is 10.6. The number of carbonyl (C=O) groups excluding carboxylic acids is 1. The average molecular weight is 112 g/mol. The second kappa shape index (κ2) is 1.86. The molecule has 1 amide bonds. The Hall–Kier alpha value is -0.990.